The number of amides is 8. The topological polar surface area (TPSA) is 372 Å². The third-order valence-electron chi connectivity index (χ3n) is 13.3. The van der Waals surface area contributed by atoms with Gasteiger partial charge in [0.25, 0.3) is 0 Å². The van der Waals surface area contributed by atoms with E-state index in [1.165, 1.54) is 43.3 Å². The molecule has 0 unspecified atom stereocenters. The van der Waals surface area contributed by atoms with Gasteiger partial charge in [0.05, 0.1) is 12.1 Å². The summed E-state index contributed by atoms with van der Waals surface area (Å²) in [5.74, 6) is -7.63. The van der Waals surface area contributed by atoms with Crippen molar-refractivity contribution < 1.29 is 53.7 Å². The molecular weight excluding hydrogens is 1110 g/mol. The SMILES string of the molecule is CCCCCNc1ccc(C[C@H]2NC(=O)[C@H](Cc3ccc(O)cc3)NC(=O)[C@H](NC(=O)[C@@H](N)Cc3ccc(Cl)cc3)CSSC[C@@H](C(=O)N[C@H](Cc3ccc(O)cc3)C(N)=O)NC(=O)[C@H]([C@@H](C)O)NC(=O)[C@H](CCCCN)NC2=O)cc1. The van der Waals surface area contributed by atoms with Crippen molar-refractivity contribution in [2.75, 3.05) is 29.9 Å². The average molecular weight is 1190 g/mol. The van der Waals surface area contributed by atoms with Crippen LogP contribution in [0.3, 0.4) is 0 Å². The van der Waals surface area contributed by atoms with Gasteiger partial charge in [-0.1, -0.05) is 101 Å². The first-order valence-corrected chi connectivity index (χ1v) is 30.0. The molecular formula is C57H76ClN11O11S2. The molecule has 9 atom stereocenters. The molecule has 22 nitrogen and oxygen atoms in total. The van der Waals surface area contributed by atoms with E-state index in [-0.39, 0.29) is 61.7 Å². The minimum atomic E-state index is -1.73. The third-order valence-corrected chi connectivity index (χ3v) is 16.0. The fourth-order valence-corrected chi connectivity index (χ4v) is 11.0. The van der Waals surface area contributed by atoms with E-state index in [0.29, 0.717) is 40.1 Å². The lowest BCUT2D eigenvalue weighted by Crippen LogP contribution is -2.62. The van der Waals surface area contributed by atoms with Crippen LogP contribution in [0.5, 0.6) is 11.5 Å². The van der Waals surface area contributed by atoms with Crippen molar-refractivity contribution in [1.82, 2.24) is 37.2 Å². The molecule has 0 aliphatic carbocycles. The first-order chi connectivity index (χ1) is 39.2. The molecule has 0 spiro atoms. The monoisotopic (exact) mass is 1190 g/mol. The number of aromatic hydroxyl groups is 2. The van der Waals surface area contributed by atoms with E-state index in [9.17, 15) is 53.7 Å². The molecule has 0 saturated carbocycles. The van der Waals surface area contributed by atoms with Crippen molar-refractivity contribution >= 4 is 86.1 Å². The third kappa shape index (κ3) is 22.0. The van der Waals surface area contributed by atoms with Gasteiger partial charge in [-0.25, -0.2) is 0 Å². The highest BCUT2D eigenvalue weighted by atomic mass is 35.5. The van der Waals surface area contributed by atoms with Crippen LogP contribution in [0.25, 0.3) is 0 Å². The van der Waals surface area contributed by atoms with E-state index >= 15 is 0 Å². The smallest absolute Gasteiger partial charge is 0.245 e. The average Bonchev–Trinajstić information content (AvgIpc) is 3.60. The van der Waals surface area contributed by atoms with Crippen LogP contribution >= 0.6 is 33.2 Å². The van der Waals surface area contributed by atoms with E-state index in [0.717, 1.165) is 53.1 Å². The van der Waals surface area contributed by atoms with Crippen molar-refractivity contribution in [3.8, 4) is 11.5 Å². The zero-order chi connectivity index (χ0) is 59.7. The zero-order valence-corrected chi connectivity index (χ0v) is 48.3. The molecule has 8 amide bonds. The molecule has 1 fully saturated rings. The molecule has 4 aromatic rings. The lowest BCUT2D eigenvalue weighted by Gasteiger charge is -2.29. The summed E-state index contributed by atoms with van der Waals surface area (Å²) < 4.78 is 0. The predicted molar refractivity (Wildman–Crippen MR) is 317 cm³/mol. The number of primary amides is 1. The van der Waals surface area contributed by atoms with Gasteiger partial charge in [-0.05, 0) is 116 Å². The van der Waals surface area contributed by atoms with E-state index in [4.69, 9.17) is 28.8 Å². The maximum Gasteiger partial charge on any atom is 0.245 e. The quantitative estimate of drug-likeness (QED) is 0.0371. The maximum atomic E-state index is 14.9. The van der Waals surface area contributed by atoms with Crippen molar-refractivity contribution in [3.63, 3.8) is 0 Å². The number of benzene rings is 4. The molecule has 25 heteroatoms. The summed E-state index contributed by atoms with van der Waals surface area (Å²) in [5, 5.41) is 53.6. The summed E-state index contributed by atoms with van der Waals surface area (Å²) in [6, 6.07) is 14.2. The number of nitrogens with two attached hydrogens (primary N) is 3. The Morgan fingerprint density at radius 2 is 1.18 bits per heavy atom. The first-order valence-electron chi connectivity index (χ1n) is 27.2. The molecule has 0 aromatic heterocycles. The van der Waals surface area contributed by atoms with E-state index in [2.05, 4.69) is 49.5 Å². The number of hydrogen-bond donors (Lipinski definition) is 14. The summed E-state index contributed by atoms with van der Waals surface area (Å²) in [6.07, 6.45) is 1.84. The molecule has 0 radical (unpaired) electrons. The van der Waals surface area contributed by atoms with Crippen LogP contribution in [0.4, 0.5) is 5.69 Å². The number of aliphatic hydroxyl groups is 1. The van der Waals surface area contributed by atoms with Crippen molar-refractivity contribution in [1.29, 1.82) is 0 Å². The van der Waals surface area contributed by atoms with Crippen LogP contribution in [0.2, 0.25) is 5.02 Å². The van der Waals surface area contributed by atoms with Gasteiger partial charge in [-0.2, -0.15) is 0 Å². The Balaban J connectivity index is 1.57. The van der Waals surface area contributed by atoms with Gasteiger partial charge in [-0.3, -0.25) is 38.4 Å². The second kappa shape index (κ2) is 33.7. The van der Waals surface area contributed by atoms with Crippen LogP contribution < -0.4 is 59.7 Å². The number of rotatable bonds is 23. The van der Waals surface area contributed by atoms with Gasteiger partial charge in [0.1, 0.15) is 53.8 Å². The Labute approximate surface area is 490 Å². The number of phenolic OH excluding ortho intramolecular Hbond substituents is 2. The number of phenols is 2. The van der Waals surface area contributed by atoms with Crippen molar-refractivity contribution in [2.24, 2.45) is 17.2 Å². The lowest BCUT2D eigenvalue weighted by atomic mass is 10.0. The molecule has 1 saturated heterocycles. The minimum Gasteiger partial charge on any atom is -0.508 e. The van der Waals surface area contributed by atoms with Crippen molar-refractivity contribution in [3.05, 3.63) is 124 Å². The zero-order valence-electron chi connectivity index (χ0n) is 45.9. The van der Waals surface area contributed by atoms with Gasteiger partial charge < -0.3 is 75.1 Å². The van der Waals surface area contributed by atoms with Gasteiger partial charge in [0.15, 0.2) is 0 Å². The number of anilines is 1. The van der Waals surface area contributed by atoms with Gasteiger partial charge in [0, 0.05) is 48.0 Å². The Hall–Kier alpha value is -7.09. The summed E-state index contributed by atoms with van der Waals surface area (Å²) in [6.45, 7) is 4.32. The normalized spacial score (nSPS) is 20.7. The molecule has 0 bridgehead atoms. The number of carbonyl (C=O) groups excluding carboxylic acids is 8. The summed E-state index contributed by atoms with van der Waals surface area (Å²) in [4.78, 5) is 114. The fourth-order valence-electron chi connectivity index (χ4n) is 8.59. The Bertz CT molecular complexity index is 2750. The minimum absolute atomic E-state index is 0.00752. The number of nitrogens with one attached hydrogen (secondary N) is 8. The molecule has 1 aliphatic rings. The molecule has 82 heavy (non-hydrogen) atoms. The maximum absolute atomic E-state index is 14.9. The Morgan fingerprint density at radius 1 is 0.659 bits per heavy atom. The van der Waals surface area contributed by atoms with Crippen molar-refractivity contribution in [2.45, 2.75) is 132 Å². The molecule has 1 heterocycles. The van der Waals surface area contributed by atoms with Gasteiger partial charge in [-0.15, -0.1) is 0 Å². The molecule has 4 aromatic carbocycles. The Morgan fingerprint density at radius 3 is 1.76 bits per heavy atom. The van der Waals surface area contributed by atoms with Gasteiger partial charge >= 0.3 is 0 Å². The highest BCUT2D eigenvalue weighted by molar-refractivity contribution is 8.76. The molecule has 1 aliphatic heterocycles. The molecule has 444 valence electrons. The second-order valence-electron chi connectivity index (χ2n) is 20.1. The largest absolute Gasteiger partial charge is 0.508 e. The summed E-state index contributed by atoms with van der Waals surface area (Å²) in [5.41, 5.74) is 21.1. The first kappa shape index (κ1) is 65.7. The van der Waals surface area contributed by atoms with Crippen LogP contribution in [-0.2, 0) is 64.0 Å². The Kier molecular flexibility index (Phi) is 27.0. The van der Waals surface area contributed by atoms with Gasteiger partial charge in [0.2, 0.25) is 47.3 Å². The summed E-state index contributed by atoms with van der Waals surface area (Å²) >= 11 is 6.09. The van der Waals surface area contributed by atoms with E-state index in [1.54, 1.807) is 48.5 Å². The van der Waals surface area contributed by atoms with Crippen LogP contribution in [0.15, 0.2) is 97.1 Å². The highest BCUT2D eigenvalue weighted by Crippen LogP contribution is 2.25. The van der Waals surface area contributed by atoms with Crippen LogP contribution in [0.1, 0.15) is 74.6 Å². The lowest BCUT2D eigenvalue weighted by molar-refractivity contribution is -0.136. The fraction of sp³-hybridized carbons (Fsp3) is 0.439. The van der Waals surface area contributed by atoms with E-state index < -0.39 is 102 Å². The molecule has 5 rings (SSSR count). The number of carbonyl (C=O) groups is 8. The summed E-state index contributed by atoms with van der Waals surface area (Å²) in [7, 11) is 1.95. The van der Waals surface area contributed by atoms with E-state index in [1.807, 2.05) is 12.1 Å². The number of aliphatic hydroxyl groups excluding tert-OH is 1. The number of unbranched alkanes of at least 4 members (excludes halogenated alkanes) is 3. The standard InChI is InChI=1S/C57H76ClN11O11S2/c1-3-4-7-26-62-39-19-11-35(12-20-39)29-45-53(76)63-43(8-5-6-25-59)52(75)69-49(33(2)70)57(80)68-48(55(78)64-44(50(61)73)28-36-13-21-40(71)22-14-36)32-82-81-31-47(67-51(74)42(60)27-34-9-17-38(58)18-10-34)56(79)66-46(54(77)65-45)30-37-15-23-41(72)24-16-37/h9-24,33,42-49,62,70-72H,3-8,25-32,59-60H2,1-2H3,(H2,61,73)(H,63,76)(H,64,78)(H,65,77)(H,66,79)(H,67,74)(H,68,80)(H,69,75)/t33-,42+,43+,44-,45-,46+,47-,48+,49+/m1/s1. The molecule has 17 N–H and O–H groups in total. The second-order valence-corrected chi connectivity index (χ2v) is 23.1. The number of halogens is 1. The predicted octanol–water partition coefficient (Wildman–Crippen LogP) is 1.73. The number of hydrogen-bond acceptors (Lipinski definition) is 16. The van der Waals surface area contributed by atoms with Crippen LogP contribution in [0, 0.1) is 0 Å². The highest BCUT2D eigenvalue weighted by Gasteiger charge is 2.36. The van der Waals surface area contributed by atoms with Crippen LogP contribution in [-0.4, -0.2) is 142 Å².